The quantitative estimate of drug-likeness (QED) is 0.660. The molecule has 0 spiro atoms. The molecule has 2 aliphatic heterocycles. The lowest BCUT2D eigenvalue weighted by atomic mass is 10.0. The van der Waals surface area contributed by atoms with Crippen LogP contribution in [-0.2, 0) is 16.1 Å². The topological polar surface area (TPSA) is 62.7 Å². The van der Waals surface area contributed by atoms with Crippen molar-refractivity contribution in [2.45, 2.75) is 33.2 Å². The number of hydrogen-bond acceptors (Lipinski definition) is 5. The van der Waals surface area contributed by atoms with E-state index in [1.807, 2.05) is 36.4 Å². The Morgan fingerprint density at radius 1 is 1.03 bits per heavy atom. The lowest BCUT2D eigenvalue weighted by Gasteiger charge is -2.20. The standard InChI is InChI=1S/C24H27N3O3/c1-17(2)16-30-20-9-7-19(8-10-20)21-22(26-12-3-4-13-26)24(29)27(23(21)28)15-18-6-5-11-25-14-18/h5-11,14,17H,3-4,12-13,15-16H2,1-2H3. The summed E-state index contributed by atoms with van der Waals surface area (Å²) in [5, 5.41) is 0. The smallest absolute Gasteiger partial charge is 0.278 e. The highest BCUT2D eigenvalue weighted by Gasteiger charge is 2.42. The van der Waals surface area contributed by atoms with E-state index < -0.39 is 0 Å². The molecule has 30 heavy (non-hydrogen) atoms. The number of rotatable bonds is 7. The number of ether oxygens (including phenoxy) is 1. The molecule has 2 amide bonds. The summed E-state index contributed by atoms with van der Waals surface area (Å²) in [7, 11) is 0. The molecule has 156 valence electrons. The number of aromatic nitrogens is 1. The van der Waals surface area contributed by atoms with Gasteiger partial charge in [0, 0.05) is 25.5 Å². The molecular weight excluding hydrogens is 378 g/mol. The Hall–Kier alpha value is -3.15. The third-order valence-corrected chi connectivity index (χ3v) is 5.36. The van der Waals surface area contributed by atoms with Crippen LogP contribution in [0.3, 0.4) is 0 Å². The van der Waals surface area contributed by atoms with Crippen LogP contribution < -0.4 is 4.74 Å². The second kappa shape index (κ2) is 8.69. The van der Waals surface area contributed by atoms with Gasteiger partial charge >= 0.3 is 0 Å². The number of amides is 2. The summed E-state index contributed by atoms with van der Waals surface area (Å²) in [5.41, 5.74) is 2.60. The van der Waals surface area contributed by atoms with Gasteiger partial charge in [-0.1, -0.05) is 32.0 Å². The van der Waals surface area contributed by atoms with Gasteiger partial charge in [-0.05, 0) is 48.1 Å². The second-order valence-electron chi connectivity index (χ2n) is 8.20. The summed E-state index contributed by atoms with van der Waals surface area (Å²) < 4.78 is 5.76. The van der Waals surface area contributed by atoms with Crippen LogP contribution in [0.2, 0.25) is 0 Å². The molecule has 0 bridgehead atoms. The zero-order valence-electron chi connectivity index (χ0n) is 17.5. The Balaban J connectivity index is 1.65. The average molecular weight is 405 g/mol. The fourth-order valence-electron chi connectivity index (χ4n) is 3.86. The van der Waals surface area contributed by atoms with E-state index in [9.17, 15) is 9.59 Å². The van der Waals surface area contributed by atoms with Crippen molar-refractivity contribution in [2.75, 3.05) is 19.7 Å². The predicted molar refractivity (Wildman–Crippen MR) is 114 cm³/mol. The Labute approximate surface area is 177 Å². The van der Waals surface area contributed by atoms with Crippen LogP contribution in [-0.4, -0.2) is 46.3 Å². The molecule has 0 radical (unpaired) electrons. The normalized spacial score (nSPS) is 16.9. The van der Waals surface area contributed by atoms with E-state index in [1.54, 1.807) is 12.4 Å². The highest BCUT2D eigenvalue weighted by molar-refractivity contribution is 6.35. The van der Waals surface area contributed by atoms with Crippen molar-refractivity contribution in [3.8, 4) is 5.75 Å². The molecule has 6 heteroatoms. The van der Waals surface area contributed by atoms with Crippen molar-refractivity contribution in [1.82, 2.24) is 14.8 Å². The van der Waals surface area contributed by atoms with Crippen molar-refractivity contribution in [1.29, 1.82) is 0 Å². The second-order valence-corrected chi connectivity index (χ2v) is 8.20. The monoisotopic (exact) mass is 405 g/mol. The Bertz CT molecular complexity index is 945. The first kappa shape index (κ1) is 20.1. The van der Waals surface area contributed by atoms with Crippen molar-refractivity contribution in [3.63, 3.8) is 0 Å². The van der Waals surface area contributed by atoms with Crippen LogP contribution in [0, 0.1) is 5.92 Å². The Morgan fingerprint density at radius 3 is 2.40 bits per heavy atom. The van der Waals surface area contributed by atoms with Crippen molar-refractivity contribution in [3.05, 3.63) is 65.6 Å². The molecule has 4 rings (SSSR count). The minimum absolute atomic E-state index is 0.221. The summed E-state index contributed by atoms with van der Waals surface area (Å²) in [4.78, 5) is 34.1. The summed E-state index contributed by atoms with van der Waals surface area (Å²) in [6, 6.07) is 11.2. The van der Waals surface area contributed by atoms with Crippen LogP contribution in [0.4, 0.5) is 0 Å². The van der Waals surface area contributed by atoms with Gasteiger partial charge in [0.05, 0.1) is 18.7 Å². The van der Waals surface area contributed by atoms with Gasteiger partial charge in [-0.15, -0.1) is 0 Å². The number of imide groups is 1. The molecule has 1 fully saturated rings. The van der Waals surface area contributed by atoms with Gasteiger partial charge in [0.25, 0.3) is 11.8 Å². The molecule has 3 heterocycles. The molecule has 0 N–H and O–H groups in total. The number of pyridine rings is 1. The molecule has 1 aromatic heterocycles. The van der Waals surface area contributed by atoms with Gasteiger partial charge in [0.1, 0.15) is 11.4 Å². The minimum atomic E-state index is -0.249. The van der Waals surface area contributed by atoms with E-state index >= 15 is 0 Å². The fraction of sp³-hybridized carbons (Fsp3) is 0.375. The lowest BCUT2D eigenvalue weighted by Crippen LogP contribution is -2.34. The summed E-state index contributed by atoms with van der Waals surface area (Å²) in [6.07, 6.45) is 5.43. The van der Waals surface area contributed by atoms with Crippen LogP contribution >= 0.6 is 0 Å². The number of carbonyl (C=O) groups excluding carboxylic acids is 2. The van der Waals surface area contributed by atoms with Gasteiger partial charge in [0.2, 0.25) is 0 Å². The number of hydrogen-bond donors (Lipinski definition) is 0. The first-order valence-electron chi connectivity index (χ1n) is 10.5. The van der Waals surface area contributed by atoms with Gasteiger partial charge in [-0.3, -0.25) is 19.5 Å². The summed E-state index contributed by atoms with van der Waals surface area (Å²) >= 11 is 0. The third-order valence-electron chi connectivity index (χ3n) is 5.36. The maximum atomic E-state index is 13.4. The number of likely N-dealkylation sites (tertiary alicyclic amines) is 1. The summed E-state index contributed by atoms with van der Waals surface area (Å²) in [6.45, 7) is 6.66. The molecule has 0 unspecified atom stereocenters. The molecule has 2 aliphatic rings. The first-order chi connectivity index (χ1) is 14.5. The lowest BCUT2D eigenvalue weighted by molar-refractivity contribution is -0.138. The SMILES string of the molecule is CC(C)COc1ccc(C2=C(N3CCCC3)C(=O)N(Cc3cccnc3)C2=O)cc1. The highest BCUT2D eigenvalue weighted by Crippen LogP contribution is 2.34. The zero-order chi connectivity index (χ0) is 21.1. The number of carbonyl (C=O) groups is 2. The molecule has 0 saturated carbocycles. The van der Waals surface area contributed by atoms with Crippen LogP contribution in [0.15, 0.2) is 54.5 Å². The van der Waals surface area contributed by atoms with E-state index in [1.165, 1.54) is 4.90 Å². The summed E-state index contributed by atoms with van der Waals surface area (Å²) in [5.74, 6) is 0.728. The van der Waals surface area contributed by atoms with E-state index in [-0.39, 0.29) is 18.4 Å². The highest BCUT2D eigenvalue weighted by atomic mass is 16.5. The molecule has 6 nitrogen and oxygen atoms in total. The predicted octanol–water partition coefficient (Wildman–Crippen LogP) is 3.49. The number of benzene rings is 1. The third kappa shape index (κ3) is 4.08. The maximum Gasteiger partial charge on any atom is 0.278 e. The number of nitrogens with zero attached hydrogens (tertiary/aromatic N) is 3. The maximum absolute atomic E-state index is 13.4. The van der Waals surface area contributed by atoms with E-state index in [4.69, 9.17) is 4.74 Å². The van der Waals surface area contributed by atoms with Gasteiger partial charge in [0.15, 0.2) is 0 Å². The van der Waals surface area contributed by atoms with E-state index in [0.29, 0.717) is 23.8 Å². The van der Waals surface area contributed by atoms with E-state index in [2.05, 4.69) is 23.7 Å². The Morgan fingerprint density at radius 2 is 1.77 bits per heavy atom. The molecular formula is C24H27N3O3. The molecule has 0 aliphatic carbocycles. The van der Waals surface area contributed by atoms with Gasteiger partial charge in [-0.25, -0.2) is 0 Å². The molecule has 1 saturated heterocycles. The molecule has 2 aromatic rings. The van der Waals surface area contributed by atoms with Gasteiger partial charge in [-0.2, -0.15) is 0 Å². The van der Waals surface area contributed by atoms with Crippen molar-refractivity contribution < 1.29 is 14.3 Å². The fourth-order valence-corrected chi connectivity index (χ4v) is 3.86. The zero-order valence-corrected chi connectivity index (χ0v) is 17.5. The first-order valence-corrected chi connectivity index (χ1v) is 10.5. The largest absolute Gasteiger partial charge is 0.493 e. The van der Waals surface area contributed by atoms with Crippen molar-refractivity contribution in [2.24, 2.45) is 5.92 Å². The van der Waals surface area contributed by atoms with Crippen LogP contribution in [0.5, 0.6) is 5.75 Å². The average Bonchev–Trinajstić information content (AvgIpc) is 3.36. The molecule has 1 aromatic carbocycles. The van der Waals surface area contributed by atoms with E-state index in [0.717, 1.165) is 42.8 Å². The van der Waals surface area contributed by atoms with Crippen molar-refractivity contribution >= 4 is 17.4 Å². The minimum Gasteiger partial charge on any atom is -0.493 e. The molecule has 0 atom stereocenters. The van der Waals surface area contributed by atoms with Gasteiger partial charge < -0.3 is 9.64 Å². The Kier molecular flexibility index (Phi) is 5.84. The van der Waals surface area contributed by atoms with Crippen LogP contribution in [0.1, 0.15) is 37.8 Å². The van der Waals surface area contributed by atoms with Crippen LogP contribution in [0.25, 0.3) is 5.57 Å².